The summed E-state index contributed by atoms with van der Waals surface area (Å²) < 4.78 is 16.7. The van der Waals surface area contributed by atoms with Gasteiger partial charge in [-0.05, 0) is 37.6 Å². The molecule has 3 rings (SSSR count). The highest BCUT2D eigenvalue weighted by Crippen LogP contribution is 2.34. The molecular weight excluding hydrogens is 428 g/mol. The van der Waals surface area contributed by atoms with Gasteiger partial charge < -0.3 is 24.5 Å². The third kappa shape index (κ3) is 4.23. The summed E-state index contributed by atoms with van der Waals surface area (Å²) in [5.74, 6) is 0.0265. The number of nitrogens with one attached hydrogen (secondary N) is 2. The Balaban J connectivity index is 1.78. The van der Waals surface area contributed by atoms with Gasteiger partial charge in [0.25, 0.3) is 5.91 Å². The molecule has 2 N–H and O–H groups in total. The van der Waals surface area contributed by atoms with Crippen molar-refractivity contribution in [1.82, 2.24) is 10.3 Å². The molecule has 1 aromatic carbocycles. The number of hydrogen-bond acceptors (Lipinski definition) is 5. The molecule has 0 saturated heterocycles. The number of carbonyl (C=O) groups excluding carboxylic acids is 2. The predicted octanol–water partition coefficient (Wildman–Crippen LogP) is 3.45. The molecule has 1 aliphatic heterocycles. The SMILES string of the molecule is COCCOC(=O)c1c(C)[nH]c(C(=O)NC2CCOc3ccc(Br)cc32)c1C. The maximum Gasteiger partial charge on any atom is 0.340 e. The maximum atomic E-state index is 12.9. The molecule has 1 aliphatic rings. The molecule has 2 heterocycles. The number of carbonyl (C=O) groups is 2. The average Bonchev–Trinajstić information content (AvgIpc) is 2.96. The van der Waals surface area contributed by atoms with Gasteiger partial charge in [0.2, 0.25) is 0 Å². The minimum atomic E-state index is -0.470. The van der Waals surface area contributed by atoms with Gasteiger partial charge in [0.15, 0.2) is 0 Å². The van der Waals surface area contributed by atoms with Crippen LogP contribution in [0, 0.1) is 13.8 Å². The smallest absolute Gasteiger partial charge is 0.340 e. The lowest BCUT2D eigenvalue weighted by molar-refractivity contribution is 0.0387. The van der Waals surface area contributed by atoms with Crippen LogP contribution in [0.15, 0.2) is 22.7 Å². The van der Waals surface area contributed by atoms with Crippen molar-refractivity contribution in [2.75, 3.05) is 26.9 Å². The van der Waals surface area contributed by atoms with Gasteiger partial charge in [-0.15, -0.1) is 0 Å². The van der Waals surface area contributed by atoms with Crippen molar-refractivity contribution in [3.63, 3.8) is 0 Å². The van der Waals surface area contributed by atoms with Crippen molar-refractivity contribution in [2.45, 2.75) is 26.3 Å². The summed E-state index contributed by atoms with van der Waals surface area (Å²) in [5, 5.41) is 3.05. The molecule has 0 bridgehead atoms. The zero-order valence-electron chi connectivity index (χ0n) is 16.1. The highest BCUT2D eigenvalue weighted by molar-refractivity contribution is 9.10. The van der Waals surface area contributed by atoms with E-state index in [9.17, 15) is 9.59 Å². The Morgan fingerprint density at radius 1 is 1.32 bits per heavy atom. The molecule has 0 aliphatic carbocycles. The van der Waals surface area contributed by atoms with Crippen LogP contribution in [0.3, 0.4) is 0 Å². The van der Waals surface area contributed by atoms with E-state index in [0.717, 1.165) is 15.8 Å². The van der Waals surface area contributed by atoms with Gasteiger partial charge in [-0.2, -0.15) is 0 Å². The van der Waals surface area contributed by atoms with Crippen molar-refractivity contribution in [2.24, 2.45) is 0 Å². The Morgan fingerprint density at radius 2 is 2.11 bits per heavy atom. The van der Waals surface area contributed by atoms with Crippen molar-refractivity contribution in [3.05, 3.63) is 50.8 Å². The topological polar surface area (TPSA) is 89.7 Å². The molecule has 7 nitrogen and oxygen atoms in total. The number of fused-ring (bicyclic) bond motifs is 1. The van der Waals surface area contributed by atoms with Crippen LogP contribution in [0.25, 0.3) is 0 Å². The first-order chi connectivity index (χ1) is 13.4. The lowest BCUT2D eigenvalue weighted by Crippen LogP contribution is -2.32. The van der Waals surface area contributed by atoms with E-state index in [0.29, 0.717) is 42.1 Å². The van der Waals surface area contributed by atoms with Crippen LogP contribution >= 0.6 is 15.9 Å². The van der Waals surface area contributed by atoms with Crippen LogP contribution in [0.4, 0.5) is 0 Å². The third-order valence-electron chi connectivity index (χ3n) is 4.71. The zero-order chi connectivity index (χ0) is 20.3. The summed E-state index contributed by atoms with van der Waals surface area (Å²) in [7, 11) is 1.54. The van der Waals surface area contributed by atoms with Crippen molar-refractivity contribution in [3.8, 4) is 5.75 Å². The standard InChI is InChI=1S/C20H23BrN2O5/c1-11-17(20(25)28-9-8-26-3)12(2)22-18(11)19(24)23-15-6-7-27-16-5-4-13(21)10-14(15)16/h4-5,10,15,22H,6-9H2,1-3H3,(H,23,24). The third-order valence-corrected chi connectivity index (χ3v) is 5.20. The Bertz CT molecular complexity index is 893. The molecule has 0 spiro atoms. The van der Waals surface area contributed by atoms with Gasteiger partial charge in [0.1, 0.15) is 18.1 Å². The summed E-state index contributed by atoms with van der Waals surface area (Å²) in [5.41, 5.74) is 2.84. The Kier molecular flexibility index (Phi) is 6.41. The number of aromatic amines is 1. The lowest BCUT2D eigenvalue weighted by atomic mass is 10.00. The predicted molar refractivity (Wildman–Crippen MR) is 107 cm³/mol. The van der Waals surface area contributed by atoms with Crippen LogP contribution in [0.2, 0.25) is 0 Å². The summed E-state index contributed by atoms with van der Waals surface area (Å²) in [6.45, 7) is 4.49. The number of ether oxygens (including phenoxy) is 3. The summed E-state index contributed by atoms with van der Waals surface area (Å²) in [6, 6.07) is 5.57. The number of rotatable bonds is 6. The summed E-state index contributed by atoms with van der Waals surface area (Å²) in [4.78, 5) is 28.3. The second-order valence-electron chi connectivity index (χ2n) is 6.60. The fourth-order valence-corrected chi connectivity index (χ4v) is 3.70. The monoisotopic (exact) mass is 450 g/mol. The van der Waals surface area contributed by atoms with Gasteiger partial charge in [0, 0.05) is 29.3 Å². The second kappa shape index (κ2) is 8.79. The van der Waals surface area contributed by atoms with Crippen molar-refractivity contribution < 1.29 is 23.8 Å². The molecule has 1 amide bonds. The van der Waals surface area contributed by atoms with E-state index in [1.165, 1.54) is 7.11 Å². The number of benzene rings is 1. The number of esters is 1. The normalized spacial score (nSPS) is 15.5. The minimum Gasteiger partial charge on any atom is -0.493 e. The number of halogens is 1. The number of methoxy groups -OCH3 is 1. The summed E-state index contributed by atoms with van der Waals surface area (Å²) >= 11 is 3.46. The van der Waals surface area contributed by atoms with Gasteiger partial charge in [-0.25, -0.2) is 4.79 Å². The number of hydrogen-bond donors (Lipinski definition) is 2. The highest BCUT2D eigenvalue weighted by atomic mass is 79.9. The fraction of sp³-hybridized carbons (Fsp3) is 0.400. The van der Waals surface area contributed by atoms with E-state index >= 15 is 0 Å². The first-order valence-corrected chi connectivity index (χ1v) is 9.80. The zero-order valence-corrected chi connectivity index (χ0v) is 17.6. The number of aromatic nitrogens is 1. The minimum absolute atomic E-state index is 0.161. The van der Waals surface area contributed by atoms with Crippen molar-refractivity contribution in [1.29, 1.82) is 0 Å². The molecule has 1 unspecified atom stereocenters. The number of H-pyrrole nitrogens is 1. The molecule has 0 saturated carbocycles. The maximum absolute atomic E-state index is 12.9. The lowest BCUT2D eigenvalue weighted by Gasteiger charge is -2.27. The van der Waals surface area contributed by atoms with Gasteiger partial charge >= 0.3 is 5.97 Å². The summed E-state index contributed by atoms with van der Waals surface area (Å²) in [6.07, 6.45) is 0.667. The van der Waals surface area contributed by atoms with Gasteiger partial charge in [-0.1, -0.05) is 15.9 Å². The molecule has 0 radical (unpaired) electrons. The van der Waals surface area contributed by atoms with Crippen molar-refractivity contribution >= 4 is 27.8 Å². The van der Waals surface area contributed by atoms with E-state index < -0.39 is 5.97 Å². The first kappa shape index (κ1) is 20.4. The number of aryl methyl sites for hydroxylation is 1. The molecular formula is C20H23BrN2O5. The molecule has 8 heteroatoms. The number of amides is 1. The quantitative estimate of drug-likeness (QED) is 0.519. The Morgan fingerprint density at radius 3 is 2.86 bits per heavy atom. The first-order valence-electron chi connectivity index (χ1n) is 9.00. The van der Waals surface area contributed by atoms with Crippen LogP contribution in [-0.2, 0) is 9.47 Å². The molecule has 1 aromatic heterocycles. The van der Waals surface area contributed by atoms with Gasteiger partial charge in [0.05, 0.1) is 24.8 Å². The average molecular weight is 451 g/mol. The van der Waals surface area contributed by atoms with Crippen LogP contribution in [0.1, 0.15) is 50.1 Å². The van der Waals surface area contributed by atoms with Crippen LogP contribution in [0.5, 0.6) is 5.75 Å². The highest BCUT2D eigenvalue weighted by Gasteiger charge is 2.27. The molecule has 150 valence electrons. The van der Waals surface area contributed by atoms with E-state index in [1.807, 2.05) is 18.2 Å². The van der Waals surface area contributed by atoms with E-state index in [-0.39, 0.29) is 18.6 Å². The van der Waals surface area contributed by atoms with Crippen LogP contribution < -0.4 is 10.1 Å². The Hall–Kier alpha value is -2.32. The Labute approximate surface area is 171 Å². The van der Waals surface area contributed by atoms with E-state index in [4.69, 9.17) is 14.2 Å². The second-order valence-corrected chi connectivity index (χ2v) is 7.51. The van der Waals surface area contributed by atoms with E-state index in [1.54, 1.807) is 13.8 Å². The van der Waals surface area contributed by atoms with Crippen LogP contribution in [-0.4, -0.2) is 43.8 Å². The molecule has 28 heavy (non-hydrogen) atoms. The van der Waals surface area contributed by atoms with Gasteiger partial charge in [-0.3, -0.25) is 4.79 Å². The van der Waals surface area contributed by atoms with E-state index in [2.05, 4.69) is 26.2 Å². The molecule has 2 aromatic rings. The molecule has 1 atom stereocenters. The largest absolute Gasteiger partial charge is 0.493 e. The fourth-order valence-electron chi connectivity index (χ4n) is 3.32. The molecule has 0 fully saturated rings.